The van der Waals surface area contributed by atoms with E-state index in [9.17, 15) is 0 Å². The number of hydrogen-bond donors (Lipinski definition) is 1. The van der Waals surface area contributed by atoms with Crippen molar-refractivity contribution in [2.75, 3.05) is 24.2 Å². The Morgan fingerprint density at radius 1 is 1.62 bits per heavy atom. The molecule has 4 nitrogen and oxygen atoms in total. The zero-order valence-electron chi connectivity index (χ0n) is 7.99. The van der Waals surface area contributed by atoms with Gasteiger partial charge in [0.05, 0.1) is 0 Å². The summed E-state index contributed by atoms with van der Waals surface area (Å²) >= 11 is 0. The lowest BCUT2D eigenvalue weighted by Gasteiger charge is -2.09. The van der Waals surface area contributed by atoms with Crippen molar-refractivity contribution in [1.82, 2.24) is 9.97 Å². The molecular weight excluding hydrogens is 164 g/mol. The Morgan fingerprint density at radius 3 is 3.08 bits per heavy atom. The number of aromatic nitrogens is 2. The minimum absolute atomic E-state index is 0.501. The van der Waals surface area contributed by atoms with Crippen LogP contribution in [0.4, 0.5) is 11.6 Å². The second-order valence-corrected chi connectivity index (χ2v) is 3.48. The number of hydrogen-bond acceptors (Lipinski definition) is 4. The number of rotatable bonds is 1. The molecular formula is C9H14N4. The fourth-order valence-electron chi connectivity index (χ4n) is 1.94. The summed E-state index contributed by atoms with van der Waals surface area (Å²) in [5.41, 5.74) is 6.95. The Kier molecular flexibility index (Phi) is 1.83. The van der Waals surface area contributed by atoms with Gasteiger partial charge in [0.15, 0.2) is 0 Å². The van der Waals surface area contributed by atoms with Crippen molar-refractivity contribution in [3.8, 4) is 0 Å². The minimum atomic E-state index is 0.501. The van der Waals surface area contributed by atoms with E-state index in [0.29, 0.717) is 11.7 Å². The predicted molar refractivity (Wildman–Crippen MR) is 52.7 cm³/mol. The van der Waals surface area contributed by atoms with E-state index in [4.69, 9.17) is 5.73 Å². The highest BCUT2D eigenvalue weighted by atomic mass is 15.2. The third-order valence-corrected chi connectivity index (χ3v) is 2.65. The first-order valence-corrected chi connectivity index (χ1v) is 4.55. The first-order chi connectivity index (χ1) is 6.24. The molecule has 0 aliphatic carbocycles. The molecule has 70 valence electrons. The fourth-order valence-corrected chi connectivity index (χ4v) is 1.94. The van der Waals surface area contributed by atoms with E-state index >= 15 is 0 Å². The van der Waals surface area contributed by atoms with Crippen LogP contribution in [0.2, 0.25) is 0 Å². The van der Waals surface area contributed by atoms with Gasteiger partial charge < -0.3 is 10.6 Å². The van der Waals surface area contributed by atoms with Crippen molar-refractivity contribution in [2.45, 2.75) is 19.3 Å². The zero-order valence-corrected chi connectivity index (χ0v) is 7.99. The van der Waals surface area contributed by atoms with E-state index < -0.39 is 0 Å². The maximum atomic E-state index is 5.82. The molecule has 1 unspecified atom stereocenters. The molecule has 0 spiro atoms. The standard InChI is InChI=1S/C9H14N4/c1-3-6-4-13(2)9-7(6)8(10)11-5-12-9/h5-6H,3-4H2,1-2H3,(H2,10,11,12). The van der Waals surface area contributed by atoms with Crippen LogP contribution in [0.15, 0.2) is 6.33 Å². The Balaban J connectivity index is 2.52. The Hall–Kier alpha value is -1.32. The Labute approximate surface area is 77.8 Å². The first-order valence-electron chi connectivity index (χ1n) is 4.55. The van der Waals surface area contributed by atoms with Crippen molar-refractivity contribution < 1.29 is 0 Å². The number of fused-ring (bicyclic) bond motifs is 1. The normalized spacial score (nSPS) is 20.5. The van der Waals surface area contributed by atoms with Crippen LogP contribution in [0.5, 0.6) is 0 Å². The third kappa shape index (κ3) is 1.13. The van der Waals surface area contributed by atoms with Gasteiger partial charge in [0.25, 0.3) is 0 Å². The van der Waals surface area contributed by atoms with E-state index in [1.54, 1.807) is 0 Å². The summed E-state index contributed by atoms with van der Waals surface area (Å²) in [6.07, 6.45) is 2.62. The Morgan fingerprint density at radius 2 is 2.38 bits per heavy atom. The zero-order chi connectivity index (χ0) is 9.42. The lowest BCUT2D eigenvalue weighted by Crippen LogP contribution is -2.15. The molecule has 0 saturated heterocycles. The van der Waals surface area contributed by atoms with Gasteiger partial charge in [0.1, 0.15) is 18.0 Å². The summed E-state index contributed by atoms with van der Waals surface area (Å²) in [6, 6.07) is 0. The van der Waals surface area contributed by atoms with E-state index in [1.165, 1.54) is 6.33 Å². The maximum absolute atomic E-state index is 5.82. The number of nitrogens with two attached hydrogens (primary N) is 1. The molecule has 2 heterocycles. The molecule has 0 fully saturated rings. The first kappa shape index (κ1) is 8.29. The van der Waals surface area contributed by atoms with Crippen LogP contribution >= 0.6 is 0 Å². The van der Waals surface area contributed by atoms with Crippen molar-refractivity contribution in [2.24, 2.45) is 0 Å². The number of nitrogens with zero attached hydrogens (tertiary/aromatic N) is 3. The Bertz CT molecular complexity index is 323. The van der Waals surface area contributed by atoms with E-state index in [-0.39, 0.29) is 0 Å². The second kappa shape index (κ2) is 2.87. The van der Waals surface area contributed by atoms with Crippen LogP contribution in [-0.4, -0.2) is 23.6 Å². The van der Waals surface area contributed by atoms with Crippen molar-refractivity contribution in [3.63, 3.8) is 0 Å². The van der Waals surface area contributed by atoms with Gasteiger partial charge in [0.2, 0.25) is 0 Å². The number of likely N-dealkylation sites (N-methyl/N-ethyl adjacent to an activating group) is 1. The minimum Gasteiger partial charge on any atom is -0.383 e. The van der Waals surface area contributed by atoms with Crippen LogP contribution in [0.25, 0.3) is 0 Å². The highest BCUT2D eigenvalue weighted by molar-refractivity contribution is 5.62. The third-order valence-electron chi connectivity index (χ3n) is 2.65. The smallest absolute Gasteiger partial charge is 0.137 e. The highest BCUT2D eigenvalue weighted by Gasteiger charge is 2.28. The molecule has 0 radical (unpaired) electrons. The summed E-state index contributed by atoms with van der Waals surface area (Å²) in [6.45, 7) is 3.18. The summed E-state index contributed by atoms with van der Waals surface area (Å²) in [4.78, 5) is 10.4. The maximum Gasteiger partial charge on any atom is 0.137 e. The van der Waals surface area contributed by atoms with Gasteiger partial charge in [0, 0.05) is 25.1 Å². The van der Waals surface area contributed by atoms with Gasteiger partial charge >= 0.3 is 0 Å². The molecule has 0 aromatic carbocycles. The van der Waals surface area contributed by atoms with Crippen molar-refractivity contribution >= 4 is 11.6 Å². The monoisotopic (exact) mass is 178 g/mol. The van der Waals surface area contributed by atoms with Crippen molar-refractivity contribution in [3.05, 3.63) is 11.9 Å². The van der Waals surface area contributed by atoms with Gasteiger partial charge in [-0.2, -0.15) is 0 Å². The molecule has 4 heteroatoms. The van der Waals surface area contributed by atoms with Gasteiger partial charge in [-0.05, 0) is 6.42 Å². The molecule has 1 aliphatic rings. The summed E-state index contributed by atoms with van der Waals surface area (Å²) in [5.74, 6) is 2.14. The molecule has 2 N–H and O–H groups in total. The highest BCUT2D eigenvalue weighted by Crippen LogP contribution is 2.37. The van der Waals surface area contributed by atoms with E-state index in [1.807, 2.05) is 7.05 Å². The largest absolute Gasteiger partial charge is 0.383 e. The molecule has 0 saturated carbocycles. The quantitative estimate of drug-likeness (QED) is 0.697. The molecule has 0 amide bonds. The molecule has 1 aromatic rings. The van der Waals surface area contributed by atoms with Crippen LogP contribution in [0.3, 0.4) is 0 Å². The van der Waals surface area contributed by atoms with Gasteiger partial charge in [-0.3, -0.25) is 0 Å². The molecule has 1 aliphatic heterocycles. The number of anilines is 2. The van der Waals surface area contributed by atoms with E-state index in [2.05, 4.69) is 21.8 Å². The average molecular weight is 178 g/mol. The average Bonchev–Trinajstić information content (AvgIpc) is 2.45. The van der Waals surface area contributed by atoms with Crippen molar-refractivity contribution in [1.29, 1.82) is 0 Å². The van der Waals surface area contributed by atoms with Crippen LogP contribution in [-0.2, 0) is 0 Å². The van der Waals surface area contributed by atoms with Gasteiger partial charge in [-0.25, -0.2) is 9.97 Å². The second-order valence-electron chi connectivity index (χ2n) is 3.48. The lowest BCUT2D eigenvalue weighted by atomic mass is 10.0. The predicted octanol–water partition coefficient (Wildman–Crippen LogP) is 1.00. The fraction of sp³-hybridized carbons (Fsp3) is 0.556. The SMILES string of the molecule is CCC1CN(C)c2ncnc(N)c21. The van der Waals surface area contributed by atoms with E-state index in [0.717, 1.165) is 24.3 Å². The number of nitrogen functional groups attached to an aromatic ring is 1. The summed E-state index contributed by atoms with van der Waals surface area (Å²) < 4.78 is 0. The lowest BCUT2D eigenvalue weighted by molar-refractivity contribution is 0.696. The molecule has 13 heavy (non-hydrogen) atoms. The van der Waals surface area contributed by atoms with Crippen LogP contribution < -0.4 is 10.6 Å². The summed E-state index contributed by atoms with van der Waals surface area (Å²) in [5, 5.41) is 0. The van der Waals surface area contributed by atoms with Gasteiger partial charge in [-0.15, -0.1) is 0 Å². The molecule has 1 aromatic heterocycles. The van der Waals surface area contributed by atoms with Gasteiger partial charge in [-0.1, -0.05) is 6.92 Å². The molecule has 0 bridgehead atoms. The molecule has 2 rings (SSSR count). The summed E-state index contributed by atoms with van der Waals surface area (Å²) in [7, 11) is 2.04. The van der Waals surface area contributed by atoms with Crippen LogP contribution in [0, 0.1) is 0 Å². The topological polar surface area (TPSA) is 55.0 Å². The molecule has 1 atom stereocenters. The van der Waals surface area contributed by atoms with Crippen LogP contribution in [0.1, 0.15) is 24.8 Å².